The number of esters is 2. The maximum absolute atomic E-state index is 13.1. The summed E-state index contributed by atoms with van der Waals surface area (Å²) in [5, 5.41) is -5.89. The first-order valence-electron chi connectivity index (χ1n) is 7.23. The SMILES string of the molecule is CCC(C)(C)C(=O)OCCCC(=O)OC(C(F)(F)F)C(F)(F)S(=O)(=O)[O-]. The number of hydrogen-bond donors (Lipinski definition) is 0. The molecule has 0 spiro atoms. The van der Waals surface area contributed by atoms with Crippen LogP contribution in [0.4, 0.5) is 22.0 Å². The normalized spacial score (nSPS) is 14.7. The smallest absolute Gasteiger partial charge is 0.432 e. The molecule has 0 aliphatic rings. The summed E-state index contributed by atoms with van der Waals surface area (Å²) in [7, 11) is -6.74. The third kappa shape index (κ3) is 6.67. The second-order valence-electron chi connectivity index (χ2n) is 5.90. The molecule has 0 rings (SSSR count). The molecular weight excluding hydrogens is 395 g/mol. The fraction of sp³-hybridized carbons (Fsp3) is 0.846. The van der Waals surface area contributed by atoms with E-state index in [1.807, 2.05) is 0 Å². The Hall–Kier alpha value is -1.50. The number of hydrogen-bond acceptors (Lipinski definition) is 7. The predicted octanol–water partition coefficient (Wildman–Crippen LogP) is 2.36. The van der Waals surface area contributed by atoms with Gasteiger partial charge in [-0.3, -0.25) is 9.59 Å². The molecule has 0 amide bonds. The van der Waals surface area contributed by atoms with Gasteiger partial charge < -0.3 is 14.0 Å². The van der Waals surface area contributed by atoms with Gasteiger partial charge in [-0.05, 0) is 26.7 Å². The molecule has 0 aromatic rings. The Labute approximate surface area is 146 Å². The standard InChI is InChI=1S/C13H19F5O7S/c1-4-11(2,3)10(20)24-7-5-6-8(19)25-9(12(14,15)16)13(17,18)26(21,22)23/h9H,4-7H2,1-3H3,(H,21,22,23)/p-1. The lowest BCUT2D eigenvalue weighted by Gasteiger charge is -2.29. The highest BCUT2D eigenvalue weighted by molar-refractivity contribution is 7.86. The first kappa shape index (κ1) is 24.5. The van der Waals surface area contributed by atoms with Crippen molar-refractivity contribution in [2.24, 2.45) is 5.41 Å². The number of carbonyl (C=O) groups excluding carboxylic acids is 2. The molecule has 1 unspecified atom stereocenters. The molecular formula is C13H18F5O7S-. The van der Waals surface area contributed by atoms with Gasteiger partial charge in [-0.1, -0.05) is 6.92 Å². The average molecular weight is 413 g/mol. The zero-order valence-electron chi connectivity index (χ0n) is 14.1. The lowest BCUT2D eigenvalue weighted by atomic mass is 9.91. The van der Waals surface area contributed by atoms with Crippen LogP contribution in [-0.2, 0) is 29.2 Å². The predicted molar refractivity (Wildman–Crippen MR) is 74.8 cm³/mol. The molecule has 1 atom stereocenters. The molecule has 0 aromatic carbocycles. The third-order valence-electron chi connectivity index (χ3n) is 3.38. The largest absolute Gasteiger partial charge is 0.743 e. The Morgan fingerprint density at radius 1 is 1.12 bits per heavy atom. The van der Waals surface area contributed by atoms with Crippen molar-refractivity contribution in [3.05, 3.63) is 0 Å². The summed E-state index contributed by atoms with van der Waals surface area (Å²) in [6.07, 6.45) is -11.2. The Morgan fingerprint density at radius 3 is 2.00 bits per heavy atom. The fourth-order valence-electron chi connectivity index (χ4n) is 1.37. The number of alkyl halides is 5. The Bertz CT molecular complexity index is 613. The lowest BCUT2D eigenvalue weighted by Crippen LogP contribution is -2.52. The molecule has 0 radical (unpaired) electrons. The molecule has 0 aliphatic carbocycles. The van der Waals surface area contributed by atoms with Gasteiger partial charge in [-0.2, -0.15) is 22.0 Å². The van der Waals surface area contributed by atoms with Gasteiger partial charge >= 0.3 is 23.4 Å². The van der Waals surface area contributed by atoms with Crippen LogP contribution < -0.4 is 0 Å². The van der Waals surface area contributed by atoms with E-state index in [-0.39, 0.29) is 6.42 Å². The minimum Gasteiger partial charge on any atom is -0.743 e. The van der Waals surface area contributed by atoms with E-state index >= 15 is 0 Å². The molecule has 13 heteroatoms. The van der Waals surface area contributed by atoms with Gasteiger partial charge in [0.05, 0.1) is 12.0 Å². The first-order chi connectivity index (χ1) is 11.5. The van der Waals surface area contributed by atoms with Crippen molar-refractivity contribution >= 4 is 22.1 Å². The quantitative estimate of drug-likeness (QED) is 0.247. The average Bonchev–Trinajstić information content (AvgIpc) is 2.46. The Kier molecular flexibility index (Phi) is 7.97. The van der Waals surface area contributed by atoms with E-state index in [9.17, 15) is 44.5 Å². The molecule has 7 nitrogen and oxygen atoms in total. The second kappa shape index (κ2) is 8.46. The maximum atomic E-state index is 13.1. The van der Waals surface area contributed by atoms with Crippen molar-refractivity contribution in [3.63, 3.8) is 0 Å². The minimum absolute atomic E-state index is 0.357. The summed E-state index contributed by atoms with van der Waals surface area (Å²) < 4.78 is 103. The fourth-order valence-corrected chi connectivity index (χ4v) is 1.81. The zero-order chi connectivity index (χ0) is 21.0. The molecule has 0 saturated carbocycles. The van der Waals surface area contributed by atoms with E-state index in [1.54, 1.807) is 20.8 Å². The number of ether oxygens (including phenoxy) is 2. The molecule has 0 N–H and O–H groups in total. The third-order valence-corrected chi connectivity index (χ3v) is 4.26. The van der Waals surface area contributed by atoms with E-state index in [2.05, 4.69) is 4.74 Å². The molecule has 0 fully saturated rings. The zero-order valence-corrected chi connectivity index (χ0v) is 14.9. The molecule has 0 bridgehead atoms. The maximum Gasteiger partial charge on any atom is 0.432 e. The highest BCUT2D eigenvalue weighted by Gasteiger charge is 2.62. The van der Waals surface area contributed by atoms with Crippen LogP contribution in [0.25, 0.3) is 0 Å². The first-order valence-corrected chi connectivity index (χ1v) is 8.64. The van der Waals surface area contributed by atoms with Crippen molar-refractivity contribution in [1.29, 1.82) is 0 Å². The van der Waals surface area contributed by atoms with E-state index in [0.717, 1.165) is 0 Å². The van der Waals surface area contributed by atoms with E-state index < -0.39 is 58.0 Å². The van der Waals surface area contributed by atoms with Crippen LogP contribution in [0.1, 0.15) is 40.0 Å². The van der Waals surface area contributed by atoms with Gasteiger partial charge in [0, 0.05) is 6.42 Å². The highest BCUT2D eigenvalue weighted by Crippen LogP contribution is 2.38. The number of rotatable bonds is 9. The molecule has 0 aromatic heterocycles. The van der Waals surface area contributed by atoms with E-state index in [0.29, 0.717) is 6.42 Å². The highest BCUT2D eigenvalue weighted by atomic mass is 32.2. The summed E-state index contributed by atoms with van der Waals surface area (Å²) in [5.41, 5.74) is -0.827. The monoisotopic (exact) mass is 413 g/mol. The summed E-state index contributed by atoms with van der Waals surface area (Å²) in [6.45, 7) is 4.45. The molecule has 0 aliphatic heterocycles. The molecule has 0 saturated heterocycles. The van der Waals surface area contributed by atoms with Crippen LogP contribution in [-0.4, -0.2) is 49.1 Å². The van der Waals surface area contributed by atoms with Gasteiger partial charge in [-0.25, -0.2) is 8.42 Å². The Morgan fingerprint density at radius 2 is 1.62 bits per heavy atom. The minimum atomic E-state index is -6.74. The van der Waals surface area contributed by atoms with Crippen molar-refractivity contribution < 1.29 is 54.0 Å². The van der Waals surface area contributed by atoms with Crippen LogP contribution in [0.2, 0.25) is 0 Å². The molecule has 0 heterocycles. The van der Waals surface area contributed by atoms with Gasteiger partial charge in [0.2, 0.25) is 0 Å². The topological polar surface area (TPSA) is 110 Å². The van der Waals surface area contributed by atoms with E-state index in [1.165, 1.54) is 0 Å². The van der Waals surface area contributed by atoms with Gasteiger partial charge in [-0.15, -0.1) is 0 Å². The van der Waals surface area contributed by atoms with Crippen molar-refractivity contribution in [2.45, 2.75) is 57.6 Å². The van der Waals surface area contributed by atoms with Crippen LogP contribution in [0.15, 0.2) is 0 Å². The summed E-state index contributed by atoms with van der Waals surface area (Å²) in [6, 6.07) is 0. The summed E-state index contributed by atoms with van der Waals surface area (Å²) in [5.74, 6) is -2.47. The van der Waals surface area contributed by atoms with Gasteiger partial charge in [0.15, 0.2) is 10.1 Å². The molecule has 154 valence electrons. The van der Waals surface area contributed by atoms with Crippen LogP contribution in [0.3, 0.4) is 0 Å². The van der Waals surface area contributed by atoms with Crippen LogP contribution >= 0.6 is 0 Å². The lowest BCUT2D eigenvalue weighted by molar-refractivity contribution is -0.259. The second-order valence-corrected chi connectivity index (χ2v) is 7.36. The Balaban J connectivity index is 4.79. The van der Waals surface area contributed by atoms with Gasteiger partial charge in [0.1, 0.15) is 0 Å². The van der Waals surface area contributed by atoms with Crippen molar-refractivity contribution in [2.75, 3.05) is 6.61 Å². The van der Waals surface area contributed by atoms with Gasteiger partial charge in [0.25, 0.3) is 6.10 Å². The van der Waals surface area contributed by atoms with Crippen LogP contribution in [0.5, 0.6) is 0 Å². The molecule has 26 heavy (non-hydrogen) atoms. The number of halogens is 5. The number of carbonyl (C=O) groups is 2. The van der Waals surface area contributed by atoms with E-state index in [4.69, 9.17) is 4.74 Å². The van der Waals surface area contributed by atoms with Crippen LogP contribution in [0, 0.1) is 5.41 Å². The van der Waals surface area contributed by atoms with Crippen molar-refractivity contribution in [3.8, 4) is 0 Å². The summed E-state index contributed by atoms with van der Waals surface area (Å²) >= 11 is 0. The summed E-state index contributed by atoms with van der Waals surface area (Å²) in [4.78, 5) is 22.9. The van der Waals surface area contributed by atoms with Crippen molar-refractivity contribution in [1.82, 2.24) is 0 Å².